The number of para-hydroxylation sites is 1. The van der Waals surface area contributed by atoms with E-state index < -0.39 is 0 Å². The van der Waals surface area contributed by atoms with Crippen molar-refractivity contribution in [3.05, 3.63) is 59.1 Å². The summed E-state index contributed by atoms with van der Waals surface area (Å²) in [5.41, 5.74) is 2.69. The van der Waals surface area contributed by atoms with Crippen molar-refractivity contribution in [2.75, 3.05) is 11.1 Å². The van der Waals surface area contributed by atoms with E-state index >= 15 is 0 Å². The van der Waals surface area contributed by atoms with E-state index in [0.29, 0.717) is 16.1 Å². The van der Waals surface area contributed by atoms with Crippen molar-refractivity contribution in [1.82, 2.24) is 20.2 Å². The molecule has 0 unspecified atom stereocenters. The van der Waals surface area contributed by atoms with E-state index in [2.05, 4.69) is 34.7 Å². The number of benzene rings is 2. The lowest BCUT2D eigenvalue weighted by atomic mass is 10.0. The van der Waals surface area contributed by atoms with E-state index in [1.54, 1.807) is 16.8 Å². The van der Waals surface area contributed by atoms with Gasteiger partial charge < -0.3 is 5.32 Å². The molecule has 3 aromatic rings. The monoisotopic (exact) mass is 387 g/mol. The molecule has 26 heavy (non-hydrogen) atoms. The SMILES string of the molecule is CC(C)c1ccccc1NC(=O)CSc1nnnn1-c1cccc(Cl)c1. The van der Waals surface area contributed by atoms with Crippen LogP contribution in [0.5, 0.6) is 0 Å². The molecule has 0 aliphatic heterocycles. The Balaban J connectivity index is 1.67. The fraction of sp³-hybridized carbons (Fsp3) is 0.222. The molecule has 1 amide bonds. The zero-order chi connectivity index (χ0) is 18.5. The normalized spacial score (nSPS) is 10.9. The maximum atomic E-state index is 12.4. The van der Waals surface area contributed by atoms with Crippen LogP contribution >= 0.6 is 23.4 Å². The second-order valence-corrected chi connectivity index (χ2v) is 7.31. The zero-order valence-corrected chi connectivity index (χ0v) is 16.0. The Bertz CT molecular complexity index is 912. The van der Waals surface area contributed by atoms with E-state index in [1.807, 2.05) is 36.4 Å². The number of carbonyl (C=O) groups excluding carboxylic acids is 1. The van der Waals surface area contributed by atoms with Crippen molar-refractivity contribution in [3.63, 3.8) is 0 Å². The van der Waals surface area contributed by atoms with Crippen LogP contribution in [0.15, 0.2) is 53.7 Å². The molecular formula is C18H18ClN5OS. The molecule has 3 rings (SSSR count). The van der Waals surface area contributed by atoms with Gasteiger partial charge in [-0.2, -0.15) is 4.68 Å². The van der Waals surface area contributed by atoms with Crippen molar-refractivity contribution in [2.24, 2.45) is 0 Å². The number of amides is 1. The third-order valence-corrected chi connectivity index (χ3v) is 4.84. The van der Waals surface area contributed by atoms with E-state index in [0.717, 1.165) is 16.9 Å². The minimum absolute atomic E-state index is 0.108. The van der Waals surface area contributed by atoms with Gasteiger partial charge in [0, 0.05) is 10.7 Å². The van der Waals surface area contributed by atoms with E-state index in [-0.39, 0.29) is 11.7 Å². The lowest BCUT2D eigenvalue weighted by Crippen LogP contribution is -2.16. The minimum Gasteiger partial charge on any atom is -0.325 e. The van der Waals surface area contributed by atoms with Crippen LogP contribution in [0.2, 0.25) is 5.02 Å². The van der Waals surface area contributed by atoms with Crippen LogP contribution in [0.4, 0.5) is 5.69 Å². The Hall–Kier alpha value is -2.38. The van der Waals surface area contributed by atoms with Crippen LogP contribution in [0.1, 0.15) is 25.3 Å². The standard InChI is InChI=1S/C18H18ClN5OS/c1-12(2)15-8-3-4-9-16(15)20-17(25)11-26-18-21-22-23-24(18)14-7-5-6-13(19)10-14/h3-10,12H,11H2,1-2H3,(H,20,25). The highest BCUT2D eigenvalue weighted by Crippen LogP contribution is 2.25. The third kappa shape index (κ3) is 4.42. The number of halogens is 1. The number of nitrogens with one attached hydrogen (secondary N) is 1. The average Bonchev–Trinajstić information content (AvgIpc) is 3.09. The van der Waals surface area contributed by atoms with Gasteiger partial charge in [0.15, 0.2) is 0 Å². The third-order valence-electron chi connectivity index (χ3n) is 3.68. The van der Waals surface area contributed by atoms with Gasteiger partial charge in [0.2, 0.25) is 11.1 Å². The summed E-state index contributed by atoms with van der Waals surface area (Å²) >= 11 is 7.29. The van der Waals surface area contributed by atoms with E-state index in [4.69, 9.17) is 11.6 Å². The van der Waals surface area contributed by atoms with Crippen molar-refractivity contribution >= 4 is 35.0 Å². The Morgan fingerprint density at radius 2 is 2.04 bits per heavy atom. The summed E-state index contributed by atoms with van der Waals surface area (Å²) in [4.78, 5) is 12.4. The van der Waals surface area contributed by atoms with Gasteiger partial charge in [-0.25, -0.2) is 0 Å². The molecule has 8 heteroatoms. The fourth-order valence-electron chi connectivity index (χ4n) is 2.47. The number of hydrogen-bond donors (Lipinski definition) is 1. The number of anilines is 1. The topological polar surface area (TPSA) is 72.7 Å². The second-order valence-electron chi connectivity index (χ2n) is 5.93. The zero-order valence-electron chi connectivity index (χ0n) is 14.4. The number of rotatable bonds is 6. The number of tetrazole rings is 1. The molecule has 0 bridgehead atoms. The summed E-state index contributed by atoms with van der Waals surface area (Å²) in [6, 6.07) is 15.0. The summed E-state index contributed by atoms with van der Waals surface area (Å²) in [7, 11) is 0. The molecule has 0 saturated carbocycles. The molecule has 0 aliphatic carbocycles. The fourth-order valence-corrected chi connectivity index (χ4v) is 3.34. The number of nitrogens with zero attached hydrogens (tertiary/aromatic N) is 4. The van der Waals surface area contributed by atoms with Gasteiger partial charge in [0.1, 0.15) is 0 Å². The first-order valence-corrected chi connectivity index (χ1v) is 9.47. The molecule has 0 aliphatic rings. The molecule has 6 nitrogen and oxygen atoms in total. The summed E-state index contributed by atoms with van der Waals surface area (Å²) in [5, 5.41) is 15.7. The first-order valence-electron chi connectivity index (χ1n) is 8.10. The molecule has 2 aromatic carbocycles. The van der Waals surface area contributed by atoms with Crippen LogP contribution in [-0.4, -0.2) is 31.9 Å². The maximum absolute atomic E-state index is 12.4. The van der Waals surface area contributed by atoms with Gasteiger partial charge in [-0.05, 0) is 46.2 Å². The Kier molecular flexibility index (Phi) is 5.90. The Labute approximate surface area is 160 Å². The summed E-state index contributed by atoms with van der Waals surface area (Å²) in [5.74, 6) is 0.422. The van der Waals surface area contributed by atoms with E-state index in [1.165, 1.54) is 11.8 Å². The molecule has 0 spiro atoms. The van der Waals surface area contributed by atoms with Crippen LogP contribution in [0.3, 0.4) is 0 Å². The molecule has 1 heterocycles. The number of hydrogen-bond acceptors (Lipinski definition) is 5. The molecular weight excluding hydrogens is 370 g/mol. The lowest BCUT2D eigenvalue weighted by Gasteiger charge is -2.13. The summed E-state index contributed by atoms with van der Waals surface area (Å²) in [6.45, 7) is 4.19. The number of thioether (sulfide) groups is 1. The quantitative estimate of drug-likeness (QED) is 0.642. The van der Waals surface area contributed by atoms with Crippen LogP contribution < -0.4 is 5.32 Å². The summed E-state index contributed by atoms with van der Waals surface area (Å²) < 4.78 is 1.56. The van der Waals surface area contributed by atoms with Gasteiger partial charge in [-0.1, -0.05) is 61.5 Å². The minimum atomic E-state index is -0.108. The van der Waals surface area contributed by atoms with Gasteiger partial charge in [0.05, 0.1) is 11.4 Å². The van der Waals surface area contributed by atoms with Crippen LogP contribution in [0.25, 0.3) is 5.69 Å². The van der Waals surface area contributed by atoms with Crippen molar-refractivity contribution in [2.45, 2.75) is 24.9 Å². The van der Waals surface area contributed by atoms with Crippen LogP contribution in [0, 0.1) is 0 Å². The highest BCUT2D eigenvalue weighted by Gasteiger charge is 2.13. The lowest BCUT2D eigenvalue weighted by molar-refractivity contribution is -0.113. The first kappa shape index (κ1) is 18.4. The van der Waals surface area contributed by atoms with Crippen molar-refractivity contribution in [1.29, 1.82) is 0 Å². The number of carbonyl (C=O) groups is 1. The van der Waals surface area contributed by atoms with Gasteiger partial charge in [-0.3, -0.25) is 4.79 Å². The van der Waals surface area contributed by atoms with Gasteiger partial charge in [-0.15, -0.1) is 5.10 Å². The average molecular weight is 388 g/mol. The predicted molar refractivity (Wildman–Crippen MR) is 104 cm³/mol. The predicted octanol–water partition coefficient (Wildman–Crippen LogP) is 4.17. The highest BCUT2D eigenvalue weighted by atomic mass is 35.5. The number of aromatic nitrogens is 4. The molecule has 0 atom stereocenters. The van der Waals surface area contributed by atoms with Crippen molar-refractivity contribution < 1.29 is 4.79 Å². The van der Waals surface area contributed by atoms with E-state index in [9.17, 15) is 4.79 Å². The summed E-state index contributed by atoms with van der Waals surface area (Å²) in [6.07, 6.45) is 0. The largest absolute Gasteiger partial charge is 0.325 e. The molecule has 134 valence electrons. The molecule has 0 radical (unpaired) electrons. The smallest absolute Gasteiger partial charge is 0.234 e. The second kappa shape index (κ2) is 8.33. The van der Waals surface area contributed by atoms with Crippen molar-refractivity contribution in [3.8, 4) is 5.69 Å². The van der Waals surface area contributed by atoms with Gasteiger partial charge >= 0.3 is 0 Å². The van der Waals surface area contributed by atoms with Gasteiger partial charge in [0.25, 0.3) is 0 Å². The first-order chi connectivity index (χ1) is 12.5. The Morgan fingerprint density at radius 1 is 1.23 bits per heavy atom. The molecule has 0 saturated heterocycles. The van der Waals surface area contributed by atoms with Crippen LogP contribution in [-0.2, 0) is 4.79 Å². The molecule has 1 N–H and O–H groups in total. The Morgan fingerprint density at radius 3 is 2.81 bits per heavy atom. The molecule has 0 fully saturated rings. The highest BCUT2D eigenvalue weighted by molar-refractivity contribution is 7.99. The maximum Gasteiger partial charge on any atom is 0.234 e. The molecule has 1 aromatic heterocycles.